The lowest BCUT2D eigenvalue weighted by Gasteiger charge is -2.57. The molecule has 1 aromatic carbocycles. The topological polar surface area (TPSA) is 78.5 Å². The van der Waals surface area contributed by atoms with Gasteiger partial charge >= 0.3 is 5.97 Å². The van der Waals surface area contributed by atoms with Gasteiger partial charge < -0.3 is 19.9 Å². The maximum absolute atomic E-state index is 13.7. The normalized spacial score (nSPS) is 39.1. The zero-order chi connectivity index (χ0) is 18.3. The number of rotatable bonds is 2. The first-order chi connectivity index (χ1) is 12.4. The van der Waals surface area contributed by atoms with E-state index in [0.717, 1.165) is 16.9 Å². The fourth-order valence-electron chi connectivity index (χ4n) is 6.12. The number of Topliss-reactive ketones (excluding diaryl/α,β-unsaturated/α-hetero) is 1. The predicted octanol–water partition coefficient (Wildman–Crippen LogP) is 2.10. The van der Waals surface area contributed by atoms with Crippen molar-refractivity contribution in [3.8, 4) is 0 Å². The number of carbonyl (C=O) groups excluding carboxylic acids is 2. The molecule has 1 unspecified atom stereocenters. The molecule has 5 rings (SSSR count). The lowest BCUT2D eigenvalue weighted by Crippen LogP contribution is -2.63. The van der Waals surface area contributed by atoms with Crippen molar-refractivity contribution in [2.24, 2.45) is 11.8 Å². The van der Waals surface area contributed by atoms with Crippen LogP contribution in [0, 0.1) is 17.0 Å². The highest BCUT2D eigenvalue weighted by Gasteiger charge is 2.68. The summed E-state index contributed by atoms with van der Waals surface area (Å²) in [6.07, 6.45) is 1.26. The summed E-state index contributed by atoms with van der Waals surface area (Å²) in [5.41, 5.74) is 3.00. The number of nitrogens with zero attached hydrogens (tertiary/aromatic N) is 1. The minimum atomic E-state index is -0.458. The summed E-state index contributed by atoms with van der Waals surface area (Å²) in [5.74, 6) is -1.06. The standard InChI is InChI=1S/C20H22N2O4/c1-11(23)13-10-22(25)8-7-20-14-5-3-4-6-15(14)21-18(20)17(19(24)26-2)12(13)9-16(20)22/h3-6,12-13,16,21H,7-10H2,1-2H3/t12-,13-,16-,20+,22?/m0/s1. The average molecular weight is 354 g/mol. The van der Waals surface area contributed by atoms with Crippen molar-refractivity contribution in [3.05, 3.63) is 46.3 Å². The van der Waals surface area contributed by atoms with E-state index in [1.165, 1.54) is 14.0 Å². The third-order valence-corrected chi connectivity index (χ3v) is 7.17. The second kappa shape index (κ2) is 4.96. The van der Waals surface area contributed by atoms with Crippen LogP contribution < -0.4 is 5.32 Å². The van der Waals surface area contributed by atoms with E-state index in [1.54, 1.807) is 0 Å². The number of nitrogens with one attached hydrogen (secondary N) is 1. The summed E-state index contributed by atoms with van der Waals surface area (Å²) in [4.78, 5) is 25.1. The van der Waals surface area contributed by atoms with Crippen molar-refractivity contribution in [1.82, 2.24) is 0 Å². The smallest absolute Gasteiger partial charge is 0.335 e. The second-order valence-corrected chi connectivity index (χ2v) is 8.11. The number of anilines is 1. The fraction of sp³-hybridized carbons (Fsp3) is 0.500. The molecule has 1 aromatic rings. The Balaban J connectivity index is 1.82. The zero-order valence-corrected chi connectivity index (χ0v) is 15.0. The first kappa shape index (κ1) is 16.0. The Hall–Kier alpha value is -2.18. The van der Waals surface area contributed by atoms with Gasteiger partial charge in [-0.05, 0) is 18.6 Å². The van der Waals surface area contributed by atoms with Crippen LogP contribution in [0.3, 0.4) is 0 Å². The van der Waals surface area contributed by atoms with E-state index < -0.39 is 11.3 Å². The molecule has 3 aliphatic heterocycles. The number of quaternary nitrogens is 1. The minimum Gasteiger partial charge on any atom is -0.633 e. The van der Waals surface area contributed by atoms with Crippen molar-refractivity contribution >= 4 is 17.4 Å². The Bertz CT molecular complexity index is 878. The molecule has 1 N–H and O–H groups in total. The third-order valence-electron chi connectivity index (χ3n) is 7.17. The van der Waals surface area contributed by atoms with Gasteiger partial charge in [-0.2, -0.15) is 0 Å². The molecular weight excluding hydrogens is 332 g/mol. The Morgan fingerprint density at radius 2 is 2.12 bits per heavy atom. The molecule has 3 heterocycles. The monoisotopic (exact) mass is 354 g/mol. The van der Waals surface area contributed by atoms with Crippen LogP contribution >= 0.6 is 0 Å². The van der Waals surface area contributed by atoms with E-state index in [-0.39, 0.29) is 34.9 Å². The molecule has 2 fully saturated rings. The van der Waals surface area contributed by atoms with Gasteiger partial charge in [0.15, 0.2) is 0 Å². The molecule has 4 aliphatic rings. The maximum atomic E-state index is 13.7. The van der Waals surface area contributed by atoms with Crippen molar-refractivity contribution in [3.63, 3.8) is 0 Å². The first-order valence-corrected chi connectivity index (χ1v) is 9.20. The number of fused-ring (bicyclic) bond motifs is 2. The molecular formula is C20H22N2O4. The van der Waals surface area contributed by atoms with Crippen molar-refractivity contribution in [2.75, 3.05) is 25.5 Å². The zero-order valence-electron chi connectivity index (χ0n) is 15.0. The summed E-state index contributed by atoms with van der Waals surface area (Å²) >= 11 is 0. The molecule has 0 amide bonds. The molecule has 0 saturated carbocycles. The third kappa shape index (κ3) is 1.69. The molecule has 1 aliphatic carbocycles. The number of hydroxylamine groups is 3. The van der Waals surface area contributed by atoms with Crippen LogP contribution in [-0.2, 0) is 19.7 Å². The molecule has 2 bridgehead atoms. The Morgan fingerprint density at radius 1 is 1.35 bits per heavy atom. The van der Waals surface area contributed by atoms with Crippen molar-refractivity contribution in [2.45, 2.75) is 31.2 Å². The molecule has 5 atom stereocenters. The number of piperidine rings is 1. The van der Waals surface area contributed by atoms with Gasteiger partial charge in [-0.25, -0.2) is 4.79 Å². The molecule has 26 heavy (non-hydrogen) atoms. The fourth-order valence-corrected chi connectivity index (χ4v) is 6.12. The summed E-state index contributed by atoms with van der Waals surface area (Å²) in [7, 11) is 1.38. The largest absolute Gasteiger partial charge is 0.633 e. The van der Waals surface area contributed by atoms with Gasteiger partial charge in [0.2, 0.25) is 0 Å². The van der Waals surface area contributed by atoms with E-state index in [0.29, 0.717) is 25.0 Å². The highest BCUT2D eigenvalue weighted by atomic mass is 16.6. The number of esters is 1. The molecule has 2 saturated heterocycles. The van der Waals surface area contributed by atoms with Crippen LogP contribution in [0.15, 0.2) is 35.5 Å². The number of benzene rings is 1. The molecule has 0 aromatic heterocycles. The number of hydrogen-bond acceptors (Lipinski definition) is 5. The van der Waals surface area contributed by atoms with E-state index in [2.05, 4.69) is 11.4 Å². The summed E-state index contributed by atoms with van der Waals surface area (Å²) in [5, 5.41) is 17.1. The highest BCUT2D eigenvalue weighted by Crippen LogP contribution is 2.63. The van der Waals surface area contributed by atoms with Crippen molar-refractivity contribution in [1.29, 1.82) is 0 Å². The van der Waals surface area contributed by atoms with Gasteiger partial charge in [0.1, 0.15) is 11.8 Å². The lowest BCUT2D eigenvalue weighted by atomic mass is 9.60. The average Bonchev–Trinajstić information content (AvgIpc) is 3.14. The van der Waals surface area contributed by atoms with Gasteiger partial charge in [0.05, 0.1) is 37.1 Å². The molecule has 0 radical (unpaired) electrons. The predicted molar refractivity (Wildman–Crippen MR) is 94.8 cm³/mol. The summed E-state index contributed by atoms with van der Waals surface area (Å²) < 4.78 is 4.79. The SMILES string of the molecule is COC(=O)C1=C2Nc3ccccc3[C@@]23CC[N+]2([O-])C[C@@H](C(C)=O)[C@@H]1C[C@@H]32. The van der Waals surface area contributed by atoms with Crippen LogP contribution in [0.4, 0.5) is 5.69 Å². The number of para-hydroxylation sites is 1. The first-order valence-electron chi connectivity index (χ1n) is 9.20. The number of ether oxygens (including phenoxy) is 1. The number of carbonyl (C=O) groups is 2. The molecule has 136 valence electrons. The summed E-state index contributed by atoms with van der Waals surface area (Å²) in [6, 6.07) is 7.85. The van der Waals surface area contributed by atoms with Crippen molar-refractivity contribution < 1.29 is 19.0 Å². The molecule has 1 spiro atoms. The highest BCUT2D eigenvalue weighted by molar-refractivity contribution is 5.95. The summed E-state index contributed by atoms with van der Waals surface area (Å²) in [6.45, 7) is 2.28. The van der Waals surface area contributed by atoms with Crippen LogP contribution in [0.2, 0.25) is 0 Å². The quantitative estimate of drug-likeness (QED) is 0.500. The van der Waals surface area contributed by atoms with Crippen LogP contribution in [0.25, 0.3) is 0 Å². The second-order valence-electron chi connectivity index (χ2n) is 8.11. The Labute approximate surface area is 152 Å². The number of ketones is 1. The van der Waals surface area contributed by atoms with Crippen LogP contribution in [0.5, 0.6) is 0 Å². The Kier molecular flexibility index (Phi) is 3.06. The number of hydrogen-bond donors (Lipinski definition) is 1. The van der Waals surface area contributed by atoms with E-state index in [4.69, 9.17) is 4.74 Å². The van der Waals surface area contributed by atoms with E-state index in [1.807, 2.05) is 18.2 Å². The van der Waals surface area contributed by atoms with Crippen LogP contribution in [-0.4, -0.2) is 42.6 Å². The minimum absolute atomic E-state index is 0.0151. The van der Waals surface area contributed by atoms with E-state index in [9.17, 15) is 14.8 Å². The van der Waals surface area contributed by atoms with Gasteiger partial charge in [0, 0.05) is 30.1 Å². The van der Waals surface area contributed by atoms with Gasteiger partial charge in [-0.3, -0.25) is 4.79 Å². The molecule has 6 heteroatoms. The maximum Gasteiger partial charge on any atom is 0.335 e. The van der Waals surface area contributed by atoms with E-state index >= 15 is 0 Å². The van der Waals surface area contributed by atoms with Gasteiger partial charge in [-0.1, -0.05) is 18.2 Å². The molecule has 6 nitrogen and oxygen atoms in total. The number of methoxy groups -OCH3 is 1. The van der Waals surface area contributed by atoms with Gasteiger partial charge in [0.25, 0.3) is 0 Å². The van der Waals surface area contributed by atoms with Gasteiger partial charge in [-0.15, -0.1) is 0 Å². The Morgan fingerprint density at radius 3 is 2.85 bits per heavy atom. The lowest BCUT2D eigenvalue weighted by molar-refractivity contribution is -0.903. The van der Waals surface area contributed by atoms with Crippen LogP contribution in [0.1, 0.15) is 25.3 Å².